The zero-order valence-corrected chi connectivity index (χ0v) is 8.98. The molecular weight excluding hydrogens is 146 g/mol. The van der Waals surface area contributed by atoms with Crippen molar-refractivity contribution in [2.45, 2.75) is 58.9 Å². The predicted molar refractivity (Wildman–Crippen MR) is 54.0 cm³/mol. The van der Waals surface area contributed by atoms with Crippen molar-refractivity contribution < 1.29 is 0 Å². The van der Waals surface area contributed by atoms with Gasteiger partial charge in [0.15, 0.2) is 0 Å². The Morgan fingerprint density at radius 2 is 2.00 bits per heavy atom. The van der Waals surface area contributed by atoms with E-state index < -0.39 is 0 Å². The van der Waals surface area contributed by atoms with Crippen molar-refractivity contribution in [3.63, 3.8) is 0 Å². The van der Waals surface area contributed by atoms with Gasteiger partial charge in [-0.15, -0.1) is 0 Å². The van der Waals surface area contributed by atoms with Crippen LogP contribution in [0.2, 0.25) is 0 Å². The molecule has 0 aromatic heterocycles. The van der Waals surface area contributed by atoms with Gasteiger partial charge < -0.3 is 5.73 Å². The molecule has 1 saturated carbocycles. The minimum atomic E-state index is 0.203. The van der Waals surface area contributed by atoms with E-state index in [0.29, 0.717) is 5.41 Å². The fourth-order valence-electron chi connectivity index (χ4n) is 2.34. The second-order valence-corrected chi connectivity index (χ2v) is 5.66. The highest BCUT2D eigenvalue weighted by Crippen LogP contribution is 2.50. The molecule has 0 aromatic rings. The van der Waals surface area contributed by atoms with Gasteiger partial charge in [-0.3, -0.25) is 0 Å². The Kier molecular flexibility index (Phi) is 2.53. The molecule has 0 aliphatic heterocycles. The highest BCUT2D eigenvalue weighted by Gasteiger charge is 2.51. The van der Waals surface area contributed by atoms with E-state index in [4.69, 9.17) is 5.73 Å². The molecule has 2 N–H and O–H groups in total. The van der Waals surface area contributed by atoms with Crippen molar-refractivity contribution in [3.05, 3.63) is 0 Å². The lowest BCUT2D eigenvalue weighted by atomic mass is 9.86. The third kappa shape index (κ3) is 2.48. The Morgan fingerprint density at radius 1 is 1.42 bits per heavy atom. The lowest BCUT2D eigenvalue weighted by Gasteiger charge is -2.23. The molecule has 72 valence electrons. The third-order valence-corrected chi connectivity index (χ3v) is 2.78. The van der Waals surface area contributed by atoms with Crippen molar-refractivity contribution in [2.24, 2.45) is 17.1 Å². The van der Waals surface area contributed by atoms with Gasteiger partial charge in [0.1, 0.15) is 0 Å². The van der Waals surface area contributed by atoms with Crippen LogP contribution in [0.5, 0.6) is 0 Å². The van der Waals surface area contributed by atoms with Crippen molar-refractivity contribution in [1.29, 1.82) is 0 Å². The van der Waals surface area contributed by atoms with Crippen LogP contribution in [-0.4, -0.2) is 5.54 Å². The molecule has 1 aliphatic rings. The molecule has 1 nitrogen and oxygen atoms in total. The van der Waals surface area contributed by atoms with Crippen LogP contribution in [0.25, 0.3) is 0 Å². The maximum atomic E-state index is 6.26. The van der Waals surface area contributed by atoms with Gasteiger partial charge in [-0.05, 0) is 30.6 Å². The third-order valence-electron chi connectivity index (χ3n) is 2.78. The summed E-state index contributed by atoms with van der Waals surface area (Å²) in [5.41, 5.74) is 6.87. The van der Waals surface area contributed by atoms with Crippen LogP contribution in [0.3, 0.4) is 0 Å². The molecule has 0 aromatic carbocycles. The first-order valence-corrected chi connectivity index (χ1v) is 5.16. The summed E-state index contributed by atoms with van der Waals surface area (Å²) >= 11 is 0. The minimum Gasteiger partial charge on any atom is -0.325 e. The summed E-state index contributed by atoms with van der Waals surface area (Å²) in [6, 6.07) is 0. The summed E-state index contributed by atoms with van der Waals surface area (Å²) in [7, 11) is 0. The number of rotatable bonds is 3. The van der Waals surface area contributed by atoms with Gasteiger partial charge >= 0.3 is 0 Å². The van der Waals surface area contributed by atoms with E-state index in [1.165, 1.54) is 25.7 Å². The van der Waals surface area contributed by atoms with Crippen molar-refractivity contribution in [1.82, 2.24) is 0 Å². The van der Waals surface area contributed by atoms with Crippen LogP contribution in [0.4, 0.5) is 0 Å². The molecule has 1 heteroatoms. The van der Waals surface area contributed by atoms with Crippen molar-refractivity contribution >= 4 is 0 Å². The normalized spacial score (nSPS) is 35.2. The lowest BCUT2D eigenvalue weighted by Crippen LogP contribution is -2.30. The number of nitrogens with two attached hydrogens (primary N) is 1. The van der Waals surface area contributed by atoms with E-state index in [2.05, 4.69) is 27.7 Å². The summed E-state index contributed by atoms with van der Waals surface area (Å²) in [5, 5.41) is 0. The summed E-state index contributed by atoms with van der Waals surface area (Å²) in [5.74, 6) is 0.821. The maximum absolute atomic E-state index is 6.26. The van der Waals surface area contributed by atoms with E-state index in [9.17, 15) is 0 Å². The minimum absolute atomic E-state index is 0.203. The SMILES string of the molecule is CCCC1CC1(N)CC(C)(C)C. The number of hydrogen-bond donors (Lipinski definition) is 1. The average Bonchev–Trinajstić information content (AvgIpc) is 2.37. The quantitative estimate of drug-likeness (QED) is 0.690. The van der Waals surface area contributed by atoms with Gasteiger partial charge in [0.2, 0.25) is 0 Å². The zero-order chi connectivity index (χ0) is 9.41. The fourth-order valence-corrected chi connectivity index (χ4v) is 2.34. The summed E-state index contributed by atoms with van der Waals surface area (Å²) in [6.07, 6.45) is 5.06. The first-order chi connectivity index (χ1) is 5.37. The highest BCUT2D eigenvalue weighted by atomic mass is 14.9. The lowest BCUT2D eigenvalue weighted by molar-refractivity contribution is 0.314. The van der Waals surface area contributed by atoms with Gasteiger partial charge in [0.05, 0.1) is 0 Å². The maximum Gasteiger partial charge on any atom is 0.0191 e. The summed E-state index contributed by atoms with van der Waals surface area (Å²) in [4.78, 5) is 0. The van der Waals surface area contributed by atoms with Crippen molar-refractivity contribution in [2.75, 3.05) is 0 Å². The zero-order valence-electron chi connectivity index (χ0n) is 8.98. The average molecular weight is 169 g/mol. The van der Waals surface area contributed by atoms with Gasteiger partial charge in [0.25, 0.3) is 0 Å². The van der Waals surface area contributed by atoms with Gasteiger partial charge in [0, 0.05) is 5.54 Å². The molecule has 0 radical (unpaired) electrons. The molecule has 0 spiro atoms. The van der Waals surface area contributed by atoms with Crippen LogP contribution in [0.1, 0.15) is 53.4 Å². The van der Waals surface area contributed by atoms with Gasteiger partial charge in [-0.2, -0.15) is 0 Å². The highest BCUT2D eigenvalue weighted by molar-refractivity contribution is 5.08. The standard InChI is InChI=1S/C11H23N/c1-5-6-9-7-11(9,12)8-10(2,3)4/h9H,5-8,12H2,1-4H3. The van der Waals surface area contributed by atoms with E-state index in [-0.39, 0.29) is 5.54 Å². The van der Waals surface area contributed by atoms with E-state index >= 15 is 0 Å². The smallest absolute Gasteiger partial charge is 0.0191 e. The summed E-state index contributed by atoms with van der Waals surface area (Å²) in [6.45, 7) is 9.09. The molecular formula is C11H23N. The molecule has 0 bridgehead atoms. The van der Waals surface area contributed by atoms with E-state index in [1.807, 2.05) is 0 Å². The Bertz CT molecular complexity index is 157. The topological polar surface area (TPSA) is 26.0 Å². The van der Waals surface area contributed by atoms with Gasteiger partial charge in [-0.1, -0.05) is 34.1 Å². The Balaban J connectivity index is 2.35. The Hall–Kier alpha value is -0.0400. The summed E-state index contributed by atoms with van der Waals surface area (Å²) < 4.78 is 0. The molecule has 2 unspecified atom stereocenters. The molecule has 1 rings (SSSR count). The molecule has 0 heterocycles. The first kappa shape index (κ1) is 10.0. The van der Waals surface area contributed by atoms with Crippen LogP contribution in [0, 0.1) is 11.3 Å². The van der Waals surface area contributed by atoms with Crippen molar-refractivity contribution in [3.8, 4) is 0 Å². The second-order valence-electron chi connectivity index (χ2n) is 5.66. The largest absolute Gasteiger partial charge is 0.325 e. The Labute approximate surface area is 76.7 Å². The predicted octanol–water partition coefficient (Wildman–Crippen LogP) is 2.94. The van der Waals surface area contributed by atoms with E-state index in [1.54, 1.807) is 0 Å². The second kappa shape index (κ2) is 3.02. The molecule has 2 atom stereocenters. The monoisotopic (exact) mass is 169 g/mol. The Morgan fingerprint density at radius 3 is 2.42 bits per heavy atom. The molecule has 0 amide bonds. The number of hydrogen-bond acceptors (Lipinski definition) is 1. The molecule has 0 saturated heterocycles. The van der Waals surface area contributed by atoms with Crippen LogP contribution < -0.4 is 5.73 Å². The van der Waals surface area contributed by atoms with E-state index in [0.717, 1.165) is 5.92 Å². The van der Waals surface area contributed by atoms with Crippen LogP contribution >= 0.6 is 0 Å². The molecule has 12 heavy (non-hydrogen) atoms. The van der Waals surface area contributed by atoms with Crippen LogP contribution in [-0.2, 0) is 0 Å². The first-order valence-electron chi connectivity index (χ1n) is 5.16. The van der Waals surface area contributed by atoms with Gasteiger partial charge in [-0.25, -0.2) is 0 Å². The molecule has 1 aliphatic carbocycles. The van der Waals surface area contributed by atoms with Crippen LogP contribution in [0.15, 0.2) is 0 Å². The molecule has 1 fully saturated rings. The fraction of sp³-hybridized carbons (Fsp3) is 1.00.